The van der Waals surface area contributed by atoms with Crippen molar-refractivity contribution in [1.82, 2.24) is 20.7 Å². The number of piperazine rings is 1. The maximum absolute atomic E-state index is 12.9. The molecule has 0 saturated carbocycles. The van der Waals surface area contributed by atoms with E-state index in [-0.39, 0.29) is 17.5 Å². The fourth-order valence-electron chi connectivity index (χ4n) is 3.25. The van der Waals surface area contributed by atoms with E-state index in [1.54, 1.807) is 0 Å². The lowest BCUT2D eigenvalue weighted by atomic mass is 10.2. The zero-order valence-electron chi connectivity index (χ0n) is 17.0. The normalized spacial score (nSPS) is 15.9. The molecule has 1 fully saturated rings. The predicted octanol–water partition coefficient (Wildman–Crippen LogP) is 1.67. The molecule has 0 radical (unpaired) electrons. The first-order valence-corrected chi connectivity index (χ1v) is 10.0. The molecule has 2 aromatic rings. The van der Waals surface area contributed by atoms with E-state index in [0.29, 0.717) is 6.61 Å². The van der Waals surface area contributed by atoms with Crippen LogP contribution in [0, 0.1) is 5.82 Å². The summed E-state index contributed by atoms with van der Waals surface area (Å²) in [5.74, 6) is -0.329. The number of nitrogens with one attached hydrogen (secondary N) is 2. The number of para-hydroxylation sites is 1. The summed E-state index contributed by atoms with van der Waals surface area (Å²) in [6.07, 6.45) is 0. The standard InChI is InChI=1S/C22H27FN4O3/c1-17(21(28)24-25-22(29)18-7-9-19(23)10-8-18)27-13-11-26(12-14-27)15-16-30-20-5-3-2-4-6-20/h2-10,17H,11-16H2,1H3,(H,24,28)(H,25,29). The molecule has 0 aromatic heterocycles. The highest BCUT2D eigenvalue weighted by Crippen LogP contribution is 2.10. The minimum Gasteiger partial charge on any atom is -0.492 e. The highest BCUT2D eigenvalue weighted by molar-refractivity contribution is 5.95. The van der Waals surface area contributed by atoms with Crippen molar-refractivity contribution in [2.24, 2.45) is 0 Å². The molecule has 0 spiro atoms. The van der Waals surface area contributed by atoms with Crippen molar-refractivity contribution in [3.63, 3.8) is 0 Å². The van der Waals surface area contributed by atoms with Crippen LogP contribution in [0.5, 0.6) is 5.75 Å². The van der Waals surface area contributed by atoms with Crippen LogP contribution in [0.1, 0.15) is 17.3 Å². The average Bonchev–Trinajstić information content (AvgIpc) is 2.78. The maximum atomic E-state index is 12.9. The molecule has 1 atom stereocenters. The number of hydrazine groups is 1. The van der Waals surface area contributed by atoms with Crippen LogP contribution < -0.4 is 15.6 Å². The van der Waals surface area contributed by atoms with Gasteiger partial charge in [-0.3, -0.25) is 30.2 Å². The van der Waals surface area contributed by atoms with Crippen molar-refractivity contribution >= 4 is 11.8 Å². The van der Waals surface area contributed by atoms with E-state index in [1.807, 2.05) is 37.3 Å². The van der Waals surface area contributed by atoms with Gasteiger partial charge in [-0.2, -0.15) is 0 Å². The third-order valence-corrected chi connectivity index (χ3v) is 5.16. The van der Waals surface area contributed by atoms with Crippen LogP contribution in [-0.4, -0.2) is 67.0 Å². The Morgan fingerprint density at radius 3 is 2.33 bits per heavy atom. The van der Waals surface area contributed by atoms with Gasteiger partial charge in [0.15, 0.2) is 0 Å². The zero-order chi connectivity index (χ0) is 21.3. The summed E-state index contributed by atoms with van der Waals surface area (Å²) >= 11 is 0. The van der Waals surface area contributed by atoms with Gasteiger partial charge in [-0.15, -0.1) is 0 Å². The van der Waals surface area contributed by atoms with Gasteiger partial charge in [-0.25, -0.2) is 4.39 Å². The fourth-order valence-corrected chi connectivity index (χ4v) is 3.25. The third-order valence-electron chi connectivity index (χ3n) is 5.16. The number of amides is 2. The largest absolute Gasteiger partial charge is 0.492 e. The number of hydrogen-bond acceptors (Lipinski definition) is 5. The first kappa shape index (κ1) is 21.7. The number of ether oxygens (including phenoxy) is 1. The van der Waals surface area contributed by atoms with Crippen molar-refractivity contribution in [3.8, 4) is 5.75 Å². The van der Waals surface area contributed by atoms with E-state index < -0.39 is 11.7 Å². The Balaban J connectivity index is 1.35. The van der Waals surface area contributed by atoms with Crippen molar-refractivity contribution < 1.29 is 18.7 Å². The highest BCUT2D eigenvalue weighted by atomic mass is 19.1. The smallest absolute Gasteiger partial charge is 0.269 e. The van der Waals surface area contributed by atoms with E-state index in [2.05, 4.69) is 20.7 Å². The molecule has 2 N–H and O–H groups in total. The molecule has 2 aromatic carbocycles. The molecule has 1 aliphatic rings. The lowest BCUT2D eigenvalue weighted by Gasteiger charge is -2.37. The van der Waals surface area contributed by atoms with Gasteiger partial charge >= 0.3 is 0 Å². The average molecular weight is 414 g/mol. The first-order valence-electron chi connectivity index (χ1n) is 10.0. The Labute approximate surface area is 175 Å². The van der Waals surface area contributed by atoms with Crippen molar-refractivity contribution in [2.75, 3.05) is 39.3 Å². The van der Waals surface area contributed by atoms with E-state index in [9.17, 15) is 14.0 Å². The monoisotopic (exact) mass is 414 g/mol. The summed E-state index contributed by atoms with van der Waals surface area (Å²) in [7, 11) is 0. The molecule has 7 nitrogen and oxygen atoms in total. The minimum atomic E-state index is -0.487. The molecule has 30 heavy (non-hydrogen) atoms. The summed E-state index contributed by atoms with van der Waals surface area (Å²) in [5.41, 5.74) is 5.10. The molecule has 0 bridgehead atoms. The van der Waals surface area contributed by atoms with Crippen LogP contribution in [0.3, 0.4) is 0 Å². The van der Waals surface area contributed by atoms with Crippen LogP contribution in [0.2, 0.25) is 0 Å². The lowest BCUT2D eigenvalue weighted by Crippen LogP contribution is -2.56. The van der Waals surface area contributed by atoms with Gasteiger partial charge in [0.2, 0.25) is 0 Å². The third kappa shape index (κ3) is 6.27. The number of carbonyl (C=O) groups is 2. The van der Waals surface area contributed by atoms with E-state index in [4.69, 9.17) is 4.74 Å². The summed E-state index contributed by atoms with van der Waals surface area (Å²) in [4.78, 5) is 28.8. The second-order valence-electron chi connectivity index (χ2n) is 7.17. The van der Waals surface area contributed by atoms with Crippen LogP contribution in [-0.2, 0) is 4.79 Å². The molecular weight excluding hydrogens is 387 g/mol. The van der Waals surface area contributed by atoms with Crippen molar-refractivity contribution in [3.05, 3.63) is 66.0 Å². The van der Waals surface area contributed by atoms with Gasteiger partial charge in [0.1, 0.15) is 18.2 Å². The van der Waals surface area contributed by atoms with Gasteiger partial charge in [0.05, 0.1) is 6.04 Å². The predicted molar refractivity (Wildman–Crippen MR) is 111 cm³/mol. The van der Waals surface area contributed by atoms with E-state index in [0.717, 1.165) is 38.5 Å². The second kappa shape index (κ2) is 10.7. The fraction of sp³-hybridized carbons (Fsp3) is 0.364. The molecule has 1 saturated heterocycles. The van der Waals surface area contributed by atoms with Crippen LogP contribution >= 0.6 is 0 Å². The van der Waals surface area contributed by atoms with Gasteiger partial charge in [0.25, 0.3) is 11.8 Å². The van der Waals surface area contributed by atoms with Gasteiger partial charge in [-0.05, 0) is 43.3 Å². The Bertz CT molecular complexity index is 824. The molecule has 3 rings (SSSR count). The number of hydrogen-bond donors (Lipinski definition) is 2. The Hall–Kier alpha value is -2.97. The molecule has 8 heteroatoms. The Morgan fingerprint density at radius 2 is 1.67 bits per heavy atom. The number of carbonyl (C=O) groups excluding carboxylic acids is 2. The molecule has 160 valence electrons. The molecule has 1 aliphatic heterocycles. The number of rotatable bonds is 7. The Morgan fingerprint density at radius 1 is 1.00 bits per heavy atom. The van der Waals surface area contributed by atoms with Gasteiger partial charge < -0.3 is 4.74 Å². The van der Waals surface area contributed by atoms with Crippen LogP contribution in [0.4, 0.5) is 4.39 Å². The molecule has 0 aliphatic carbocycles. The second-order valence-corrected chi connectivity index (χ2v) is 7.17. The summed E-state index contributed by atoms with van der Waals surface area (Å²) in [6, 6.07) is 14.5. The SMILES string of the molecule is CC(C(=O)NNC(=O)c1ccc(F)cc1)N1CCN(CCOc2ccccc2)CC1. The summed E-state index contributed by atoms with van der Waals surface area (Å²) in [5, 5.41) is 0. The molecule has 2 amide bonds. The lowest BCUT2D eigenvalue weighted by molar-refractivity contribution is -0.127. The first-order chi connectivity index (χ1) is 14.5. The van der Waals surface area contributed by atoms with Gasteiger partial charge in [0, 0.05) is 38.3 Å². The number of halogens is 1. The maximum Gasteiger partial charge on any atom is 0.269 e. The van der Waals surface area contributed by atoms with Crippen LogP contribution in [0.25, 0.3) is 0 Å². The minimum absolute atomic E-state index is 0.274. The highest BCUT2D eigenvalue weighted by Gasteiger charge is 2.25. The summed E-state index contributed by atoms with van der Waals surface area (Å²) in [6.45, 7) is 6.47. The number of benzene rings is 2. The topological polar surface area (TPSA) is 73.9 Å². The number of nitrogens with zero attached hydrogens (tertiary/aromatic N) is 2. The zero-order valence-corrected chi connectivity index (χ0v) is 17.0. The molecule has 1 unspecified atom stereocenters. The van der Waals surface area contributed by atoms with Crippen LogP contribution in [0.15, 0.2) is 54.6 Å². The van der Waals surface area contributed by atoms with Gasteiger partial charge in [-0.1, -0.05) is 18.2 Å². The van der Waals surface area contributed by atoms with Crippen molar-refractivity contribution in [2.45, 2.75) is 13.0 Å². The molecule has 1 heterocycles. The quantitative estimate of drug-likeness (QED) is 0.675. The summed E-state index contributed by atoms with van der Waals surface area (Å²) < 4.78 is 18.7. The van der Waals surface area contributed by atoms with E-state index >= 15 is 0 Å². The van der Waals surface area contributed by atoms with Crippen molar-refractivity contribution in [1.29, 1.82) is 0 Å². The molecular formula is C22H27FN4O3. The Kier molecular flexibility index (Phi) is 7.75. The van der Waals surface area contributed by atoms with E-state index in [1.165, 1.54) is 24.3 Å².